The highest BCUT2D eigenvalue weighted by Crippen LogP contribution is 2.49. The highest BCUT2D eigenvalue weighted by molar-refractivity contribution is 7.92. The van der Waals surface area contributed by atoms with Crippen LogP contribution in [-0.2, 0) is 19.4 Å². The molecule has 7 heteroatoms. The minimum absolute atomic E-state index is 0.0180. The van der Waals surface area contributed by atoms with E-state index < -0.39 is 26.2 Å². The third-order valence-electron chi connectivity index (χ3n) is 5.40. The first-order chi connectivity index (χ1) is 12.8. The summed E-state index contributed by atoms with van der Waals surface area (Å²) in [6, 6.07) is 8.59. The molecule has 1 fully saturated rings. The van der Waals surface area contributed by atoms with Gasteiger partial charge in [-0.25, -0.2) is 17.2 Å². The van der Waals surface area contributed by atoms with Crippen molar-refractivity contribution in [2.75, 3.05) is 0 Å². The molecule has 2 aromatic carbocycles. The zero-order chi connectivity index (χ0) is 19.7. The van der Waals surface area contributed by atoms with Gasteiger partial charge in [0, 0.05) is 17.0 Å². The number of sulfone groups is 1. The fourth-order valence-corrected chi connectivity index (χ4v) is 6.18. The van der Waals surface area contributed by atoms with Crippen LogP contribution >= 0.6 is 11.6 Å². The highest BCUT2D eigenvalue weighted by Gasteiger charge is 2.49. The summed E-state index contributed by atoms with van der Waals surface area (Å²) < 4.78 is 54.1. The Balaban J connectivity index is 2.15. The summed E-state index contributed by atoms with van der Waals surface area (Å²) in [5, 5.41) is 0.384. The van der Waals surface area contributed by atoms with Gasteiger partial charge in [-0.2, -0.15) is 0 Å². The van der Waals surface area contributed by atoms with E-state index in [1.54, 1.807) is 0 Å². The lowest BCUT2D eigenvalue weighted by atomic mass is 9.77. The number of aldehydes is 1. The van der Waals surface area contributed by atoms with Crippen molar-refractivity contribution in [3.63, 3.8) is 0 Å². The number of halogens is 3. The van der Waals surface area contributed by atoms with Crippen molar-refractivity contribution < 1.29 is 22.0 Å². The van der Waals surface area contributed by atoms with Gasteiger partial charge in [0.1, 0.15) is 22.7 Å². The molecule has 1 aliphatic rings. The second-order valence-electron chi connectivity index (χ2n) is 6.92. The van der Waals surface area contributed by atoms with Crippen LogP contribution < -0.4 is 0 Å². The molecule has 0 N–H and O–H groups in total. The normalized spacial score (nSPS) is 23.1. The van der Waals surface area contributed by atoms with Crippen molar-refractivity contribution in [2.24, 2.45) is 5.92 Å². The lowest BCUT2D eigenvalue weighted by Gasteiger charge is -2.40. The topological polar surface area (TPSA) is 51.2 Å². The first kappa shape index (κ1) is 20.0. The minimum Gasteiger partial charge on any atom is -0.303 e. The summed E-state index contributed by atoms with van der Waals surface area (Å²) in [4.78, 5) is 10.8. The third kappa shape index (κ3) is 3.65. The van der Waals surface area contributed by atoms with Crippen molar-refractivity contribution in [2.45, 2.75) is 41.7 Å². The molecular weight excluding hydrogens is 394 g/mol. The van der Waals surface area contributed by atoms with Crippen LogP contribution in [0.2, 0.25) is 5.02 Å². The Kier molecular flexibility index (Phi) is 5.68. The fourth-order valence-electron chi connectivity index (χ4n) is 3.88. The molecule has 0 aromatic heterocycles. The third-order valence-corrected chi connectivity index (χ3v) is 8.20. The molecule has 0 bridgehead atoms. The van der Waals surface area contributed by atoms with Crippen LogP contribution in [0.4, 0.5) is 8.78 Å². The van der Waals surface area contributed by atoms with E-state index in [2.05, 4.69) is 0 Å². The van der Waals surface area contributed by atoms with Gasteiger partial charge in [-0.05, 0) is 74.1 Å². The second-order valence-corrected chi connectivity index (χ2v) is 9.62. The largest absolute Gasteiger partial charge is 0.303 e. The van der Waals surface area contributed by atoms with Gasteiger partial charge in [0.15, 0.2) is 9.84 Å². The molecule has 144 valence electrons. The van der Waals surface area contributed by atoms with Crippen LogP contribution in [0.15, 0.2) is 47.4 Å². The van der Waals surface area contributed by atoms with E-state index in [1.165, 1.54) is 24.3 Å². The predicted molar refractivity (Wildman–Crippen MR) is 99.3 cm³/mol. The standard InChI is InChI=1S/C20H19ClF2O3S/c21-15-1-4-17(5-2-15)27(25,26)20(10-7-14(8-11-20)9-12-24)18-13-16(22)3-6-19(18)23/h1-6,12-14H,7-11H2/t14-,20+. The van der Waals surface area contributed by atoms with E-state index in [9.17, 15) is 22.0 Å². The lowest BCUT2D eigenvalue weighted by Crippen LogP contribution is -2.40. The first-order valence-corrected chi connectivity index (χ1v) is 10.6. The number of hydrogen-bond acceptors (Lipinski definition) is 3. The summed E-state index contributed by atoms with van der Waals surface area (Å²) in [6.45, 7) is 0. The van der Waals surface area contributed by atoms with Gasteiger partial charge in [-0.15, -0.1) is 0 Å². The van der Waals surface area contributed by atoms with Crippen LogP contribution in [0.25, 0.3) is 0 Å². The molecule has 0 aliphatic heterocycles. The molecule has 0 amide bonds. The summed E-state index contributed by atoms with van der Waals surface area (Å²) in [5.74, 6) is -1.39. The number of benzene rings is 2. The number of hydrogen-bond donors (Lipinski definition) is 0. The van der Waals surface area contributed by atoms with Crippen LogP contribution in [0.1, 0.15) is 37.7 Å². The van der Waals surface area contributed by atoms with Gasteiger partial charge in [-0.3, -0.25) is 0 Å². The van der Waals surface area contributed by atoms with Gasteiger partial charge in [0.05, 0.1) is 4.90 Å². The summed E-state index contributed by atoms with van der Waals surface area (Å²) >= 11 is 5.86. The number of carbonyl (C=O) groups is 1. The Hall–Kier alpha value is -1.79. The Morgan fingerprint density at radius 2 is 1.70 bits per heavy atom. The second kappa shape index (κ2) is 7.68. The molecular formula is C20H19ClF2O3S. The molecule has 0 unspecified atom stereocenters. The fraction of sp³-hybridized carbons (Fsp3) is 0.350. The Morgan fingerprint density at radius 3 is 2.30 bits per heavy atom. The van der Waals surface area contributed by atoms with Crippen LogP contribution in [0.3, 0.4) is 0 Å². The van der Waals surface area contributed by atoms with E-state index in [1.807, 2.05) is 0 Å². The maximum Gasteiger partial charge on any atom is 0.188 e. The number of rotatable bonds is 5. The van der Waals surface area contributed by atoms with Crippen molar-refractivity contribution in [1.29, 1.82) is 0 Å². The van der Waals surface area contributed by atoms with E-state index in [-0.39, 0.29) is 29.2 Å². The molecule has 0 saturated heterocycles. The quantitative estimate of drug-likeness (QED) is 0.644. The minimum atomic E-state index is -4.02. The predicted octanol–water partition coefficient (Wildman–Crippen LogP) is 5.07. The average molecular weight is 413 g/mol. The molecule has 3 nitrogen and oxygen atoms in total. The van der Waals surface area contributed by atoms with Gasteiger partial charge in [0.2, 0.25) is 0 Å². The molecule has 3 rings (SSSR count). The Bertz CT molecular complexity index is 934. The van der Waals surface area contributed by atoms with Crippen LogP contribution in [0, 0.1) is 17.6 Å². The lowest BCUT2D eigenvalue weighted by molar-refractivity contribution is -0.108. The van der Waals surface area contributed by atoms with Crippen LogP contribution in [-0.4, -0.2) is 14.7 Å². The highest BCUT2D eigenvalue weighted by atomic mass is 35.5. The molecule has 2 aromatic rings. The Labute approximate surface area is 162 Å². The molecule has 0 heterocycles. The van der Waals surface area contributed by atoms with Crippen molar-refractivity contribution in [3.8, 4) is 0 Å². The molecule has 0 radical (unpaired) electrons. The van der Waals surface area contributed by atoms with E-state index in [4.69, 9.17) is 11.6 Å². The van der Waals surface area contributed by atoms with Crippen molar-refractivity contribution in [1.82, 2.24) is 0 Å². The summed E-state index contributed by atoms with van der Waals surface area (Å²) in [5.41, 5.74) is -0.151. The summed E-state index contributed by atoms with van der Waals surface area (Å²) in [6.07, 6.45) is 2.29. The van der Waals surface area contributed by atoms with Crippen LogP contribution in [0.5, 0.6) is 0 Å². The van der Waals surface area contributed by atoms with Gasteiger partial charge < -0.3 is 4.79 Å². The SMILES string of the molecule is O=CC[C@H]1CC[C@@](c2cc(F)ccc2F)(S(=O)(=O)c2ccc(Cl)cc2)CC1. The monoisotopic (exact) mass is 412 g/mol. The Morgan fingerprint density at radius 1 is 1.07 bits per heavy atom. The summed E-state index contributed by atoms with van der Waals surface area (Å²) in [7, 11) is -4.02. The molecule has 0 atom stereocenters. The molecule has 1 aliphatic carbocycles. The average Bonchev–Trinajstić information content (AvgIpc) is 2.65. The first-order valence-electron chi connectivity index (χ1n) is 8.69. The number of carbonyl (C=O) groups excluding carboxylic acids is 1. The van der Waals surface area contributed by atoms with E-state index >= 15 is 0 Å². The zero-order valence-electron chi connectivity index (χ0n) is 14.5. The van der Waals surface area contributed by atoms with Gasteiger partial charge in [-0.1, -0.05) is 11.6 Å². The maximum atomic E-state index is 14.6. The van der Waals surface area contributed by atoms with E-state index in [0.717, 1.165) is 24.5 Å². The molecule has 27 heavy (non-hydrogen) atoms. The smallest absolute Gasteiger partial charge is 0.188 e. The van der Waals surface area contributed by atoms with Crippen molar-refractivity contribution >= 4 is 27.7 Å². The molecule has 0 spiro atoms. The maximum absolute atomic E-state index is 14.6. The van der Waals surface area contributed by atoms with Gasteiger partial charge in [0.25, 0.3) is 0 Å². The molecule has 1 saturated carbocycles. The van der Waals surface area contributed by atoms with Crippen molar-refractivity contribution in [3.05, 3.63) is 64.7 Å². The van der Waals surface area contributed by atoms with Gasteiger partial charge >= 0.3 is 0 Å². The van der Waals surface area contributed by atoms with E-state index in [0.29, 0.717) is 24.3 Å². The zero-order valence-corrected chi connectivity index (χ0v) is 16.1.